The number of carbonyl (C=O) groups is 1. The molecular weight excluding hydrogens is 331 g/mol. The van der Waals surface area contributed by atoms with E-state index >= 15 is 0 Å². The van der Waals surface area contributed by atoms with Gasteiger partial charge < -0.3 is 16.0 Å². The molecule has 3 N–H and O–H groups in total. The van der Waals surface area contributed by atoms with Gasteiger partial charge in [-0.2, -0.15) is 0 Å². The van der Waals surface area contributed by atoms with Gasteiger partial charge in [0.05, 0.1) is 11.6 Å². The van der Waals surface area contributed by atoms with Crippen molar-refractivity contribution in [2.45, 2.75) is 31.5 Å². The fourth-order valence-electron chi connectivity index (χ4n) is 4.48. The Morgan fingerprint density at radius 3 is 3.04 bits per heavy atom. The molecule has 2 atom stereocenters. The standard InChI is InChI=1S/C20H19FN4O/c1-11-5-6-12-13(9-11)19(26)25-8-7-20(10-16(12)25)23-15-4-2-3-14(21)17(15)18(22)24-20/h2-6,9,16,23H,7-8,10H2,1H3,(H2,22,24)/t16-,20+/m0/s1. The van der Waals surface area contributed by atoms with Crippen LogP contribution in [0.2, 0.25) is 0 Å². The van der Waals surface area contributed by atoms with E-state index in [0.717, 1.165) is 16.7 Å². The predicted octanol–water partition coefficient (Wildman–Crippen LogP) is 2.95. The predicted molar refractivity (Wildman–Crippen MR) is 97.7 cm³/mol. The van der Waals surface area contributed by atoms with Crippen LogP contribution in [0.5, 0.6) is 0 Å². The number of anilines is 1. The van der Waals surface area contributed by atoms with E-state index in [1.54, 1.807) is 6.07 Å². The number of nitrogens with zero attached hydrogens (tertiary/aromatic N) is 2. The molecule has 132 valence electrons. The van der Waals surface area contributed by atoms with Crippen LogP contribution in [-0.4, -0.2) is 28.9 Å². The number of rotatable bonds is 0. The summed E-state index contributed by atoms with van der Waals surface area (Å²) in [6.07, 6.45) is 1.25. The number of piperidine rings is 1. The summed E-state index contributed by atoms with van der Waals surface area (Å²) in [4.78, 5) is 19.3. The van der Waals surface area contributed by atoms with Crippen LogP contribution in [0.15, 0.2) is 41.4 Å². The number of nitrogens with one attached hydrogen (secondary N) is 1. The van der Waals surface area contributed by atoms with Gasteiger partial charge in [-0.1, -0.05) is 23.8 Å². The number of hydrogen-bond acceptors (Lipinski definition) is 4. The number of hydrogen-bond donors (Lipinski definition) is 2. The van der Waals surface area contributed by atoms with Crippen molar-refractivity contribution in [3.63, 3.8) is 0 Å². The second-order valence-electron chi connectivity index (χ2n) is 7.38. The average molecular weight is 350 g/mol. The first-order valence-corrected chi connectivity index (χ1v) is 8.81. The van der Waals surface area contributed by atoms with E-state index in [9.17, 15) is 9.18 Å². The summed E-state index contributed by atoms with van der Waals surface area (Å²) in [5.41, 5.74) is 9.41. The molecule has 1 saturated heterocycles. The van der Waals surface area contributed by atoms with Crippen molar-refractivity contribution in [1.82, 2.24) is 4.90 Å². The Morgan fingerprint density at radius 1 is 1.35 bits per heavy atom. The minimum Gasteiger partial charge on any atom is -0.383 e. The maximum atomic E-state index is 14.1. The Balaban J connectivity index is 1.56. The van der Waals surface area contributed by atoms with Gasteiger partial charge in [-0.3, -0.25) is 4.79 Å². The van der Waals surface area contributed by atoms with Gasteiger partial charge in [0.25, 0.3) is 5.91 Å². The number of benzene rings is 2. The highest BCUT2D eigenvalue weighted by Crippen LogP contribution is 2.46. The summed E-state index contributed by atoms with van der Waals surface area (Å²) < 4.78 is 14.1. The van der Waals surface area contributed by atoms with Gasteiger partial charge >= 0.3 is 0 Å². The van der Waals surface area contributed by atoms with Crippen molar-refractivity contribution in [2.24, 2.45) is 10.7 Å². The first kappa shape index (κ1) is 15.4. The average Bonchev–Trinajstić information content (AvgIpc) is 2.86. The van der Waals surface area contributed by atoms with Crippen molar-refractivity contribution in [2.75, 3.05) is 11.9 Å². The fraction of sp³-hybridized carbons (Fsp3) is 0.300. The third-order valence-electron chi connectivity index (χ3n) is 5.70. The van der Waals surface area contributed by atoms with E-state index in [0.29, 0.717) is 30.6 Å². The Labute approximate surface area is 150 Å². The zero-order valence-electron chi connectivity index (χ0n) is 14.4. The molecule has 0 aromatic heterocycles. The van der Waals surface area contributed by atoms with E-state index in [2.05, 4.69) is 10.3 Å². The number of nitrogens with two attached hydrogens (primary N) is 1. The van der Waals surface area contributed by atoms with Crippen molar-refractivity contribution in [1.29, 1.82) is 0 Å². The normalized spacial score (nSPS) is 26.1. The van der Waals surface area contributed by atoms with Crippen LogP contribution in [-0.2, 0) is 0 Å². The quantitative estimate of drug-likeness (QED) is 0.767. The van der Waals surface area contributed by atoms with Crippen molar-refractivity contribution >= 4 is 17.4 Å². The first-order valence-electron chi connectivity index (χ1n) is 8.81. The van der Waals surface area contributed by atoms with Crippen LogP contribution < -0.4 is 11.1 Å². The zero-order valence-corrected chi connectivity index (χ0v) is 14.4. The van der Waals surface area contributed by atoms with Gasteiger partial charge in [0.15, 0.2) is 0 Å². The summed E-state index contributed by atoms with van der Waals surface area (Å²) in [5.74, 6) is -0.0677. The van der Waals surface area contributed by atoms with Gasteiger partial charge in [0.1, 0.15) is 17.3 Å². The Hall–Kier alpha value is -2.89. The molecule has 5 nitrogen and oxygen atoms in total. The monoisotopic (exact) mass is 350 g/mol. The van der Waals surface area contributed by atoms with Crippen LogP contribution >= 0.6 is 0 Å². The molecule has 3 heterocycles. The third-order valence-corrected chi connectivity index (χ3v) is 5.70. The topological polar surface area (TPSA) is 70.7 Å². The molecule has 5 rings (SSSR count). The lowest BCUT2D eigenvalue weighted by Gasteiger charge is -2.44. The van der Waals surface area contributed by atoms with Gasteiger partial charge in [-0.25, -0.2) is 9.38 Å². The van der Waals surface area contributed by atoms with Crippen molar-refractivity contribution in [3.05, 3.63) is 64.5 Å². The molecular formula is C20H19FN4O. The van der Waals surface area contributed by atoms with Crippen LogP contribution in [0.3, 0.4) is 0 Å². The minimum atomic E-state index is -0.612. The molecule has 0 bridgehead atoms. The van der Waals surface area contributed by atoms with E-state index in [1.165, 1.54) is 6.07 Å². The number of fused-ring (bicyclic) bond motifs is 4. The maximum Gasteiger partial charge on any atom is 0.254 e. The first-order chi connectivity index (χ1) is 12.5. The third kappa shape index (κ3) is 2.01. The molecule has 2 aromatic carbocycles. The molecule has 0 aliphatic carbocycles. The second-order valence-corrected chi connectivity index (χ2v) is 7.38. The maximum absolute atomic E-state index is 14.1. The van der Waals surface area contributed by atoms with Crippen LogP contribution in [0.1, 0.15) is 45.9 Å². The van der Waals surface area contributed by atoms with E-state index < -0.39 is 5.66 Å². The van der Waals surface area contributed by atoms with Crippen LogP contribution in [0.4, 0.5) is 10.1 Å². The molecule has 1 amide bonds. The number of halogens is 1. The summed E-state index contributed by atoms with van der Waals surface area (Å²) in [6.45, 7) is 2.58. The van der Waals surface area contributed by atoms with Gasteiger partial charge in [0.2, 0.25) is 0 Å². The van der Waals surface area contributed by atoms with Crippen LogP contribution in [0, 0.1) is 12.7 Å². The molecule has 26 heavy (non-hydrogen) atoms. The number of aryl methyl sites for hydroxylation is 1. The highest BCUT2D eigenvalue weighted by Gasteiger charge is 2.48. The molecule has 3 aliphatic rings. The molecule has 2 aromatic rings. The van der Waals surface area contributed by atoms with Crippen molar-refractivity contribution in [3.8, 4) is 0 Å². The Morgan fingerprint density at radius 2 is 2.19 bits per heavy atom. The molecule has 0 unspecified atom stereocenters. The minimum absolute atomic E-state index is 0.0361. The lowest BCUT2D eigenvalue weighted by molar-refractivity contribution is 0.0606. The molecule has 0 radical (unpaired) electrons. The van der Waals surface area contributed by atoms with E-state index in [-0.39, 0.29) is 23.6 Å². The number of carbonyl (C=O) groups excluding carboxylic acids is 1. The van der Waals surface area contributed by atoms with Gasteiger partial charge in [-0.15, -0.1) is 0 Å². The highest BCUT2D eigenvalue weighted by atomic mass is 19.1. The summed E-state index contributed by atoms with van der Waals surface area (Å²) in [5, 5.41) is 3.41. The van der Waals surface area contributed by atoms with Crippen LogP contribution in [0.25, 0.3) is 0 Å². The summed E-state index contributed by atoms with van der Waals surface area (Å²) in [7, 11) is 0. The molecule has 0 saturated carbocycles. The zero-order chi connectivity index (χ0) is 18.1. The fourth-order valence-corrected chi connectivity index (χ4v) is 4.48. The second kappa shape index (κ2) is 5.06. The lowest BCUT2D eigenvalue weighted by Crippen LogP contribution is -2.51. The van der Waals surface area contributed by atoms with E-state index in [1.807, 2.05) is 36.1 Å². The Bertz CT molecular complexity index is 986. The SMILES string of the molecule is Cc1ccc2c(c1)C(=O)N1CC[C@]3(C[C@@H]21)N=C(N)c1c(F)cccc1N3. The molecule has 3 aliphatic heterocycles. The lowest BCUT2D eigenvalue weighted by atomic mass is 9.87. The van der Waals surface area contributed by atoms with Gasteiger partial charge in [0, 0.05) is 30.6 Å². The summed E-state index contributed by atoms with van der Waals surface area (Å²) >= 11 is 0. The number of amides is 1. The summed E-state index contributed by atoms with van der Waals surface area (Å²) in [6, 6.07) is 10.9. The van der Waals surface area contributed by atoms with E-state index in [4.69, 9.17) is 5.73 Å². The largest absolute Gasteiger partial charge is 0.383 e. The number of aliphatic imine (C=N–C) groups is 1. The van der Waals surface area contributed by atoms with Gasteiger partial charge in [-0.05, 0) is 30.7 Å². The number of amidine groups is 1. The molecule has 6 heteroatoms. The van der Waals surface area contributed by atoms with Crippen molar-refractivity contribution < 1.29 is 9.18 Å². The smallest absolute Gasteiger partial charge is 0.254 e. The molecule has 1 fully saturated rings. The molecule has 1 spiro atoms. The Kier molecular flexibility index (Phi) is 2.99. The highest BCUT2D eigenvalue weighted by molar-refractivity contribution is 6.04.